The highest BCUT2D eigenvalue weighted by molar-refractivity contribution is 6.27. The van der Waals surface area contributed by atoms with Crippen LogP contribution in [0.25, 0.3) is 0 Å². The number of amides is 4. The van der Waals surface area contributed by atoms with Crippen LogP contribution in [0.15, 0.2) is 60.2 Å². The maximum absolute atomic E-state index is 13.9. The van der Waals surface area contributed by atoms with Gasteiger partial charge in [0.2, 0.25) is 23.6 Å². The predicted octanol–water partition coefficient (Wildman–Crippen LogP) is 2.96. The smallest absolute Gasteiger partial charge is 0.334 e. The first-order chi connectivity index (χ1) is 17.8. The molecule has 37 heavy (non-hydrogen) atoms. The van der Waals surface area contributed by atoms with Gasteiger partial charge in [-0.25, -0.2) is 14.6 Å². The molecule has 5 aliphatic rings. The highest BCUT2D eigenvalue weighted by Crippen LogP contribution is 2.61. The monoisotopic (exact) mass is 498 g/mol. The molecule has 4 amide bonds. The lowest BCUT2D eigenvalue weighted by Crippen LogP contribution is -2.53. The summed E-state index contributed by atoms with van der Waals surface area (Å²) in [7, 11) is 0. The summed E-state index contributed by atoms with van der Waals surface area (Å²) in [4.78, 5) is 70.9. The van der Waals surface area contributed by atoms with Crippen molar-refractivity contribution in [3.05, 3.63) is 71.3 Å². The molecular weight excluding hydrogens is 472 g/mol. The van der Waals surface area contributed by atoms with Crippen LogP contribution in [0, 0.1) is 49.4 Å². The van der Waals surface area contributed by atoms with Crippen LogP contribution in [-0.2, 0) is 28.7 Å². The first-order valence-electron chi connectivity index (χ1n) is 12.5. The average Bonchev–Trinajstić information content (AvgIpc) is 3.31. The molecule has 0 radical (unpaired) electrons. The van der Waals surface area contributed by atoms with Crippen LogP contribution in [0.2, 0.25) is 0 Å². The van der Waals surface area contributed by atoms with Gasteiger partial charge >= 0.3 is 5.97 Å². The second-order valence-corrected chi connectivity index (χ2v) is 10.1. The molecule has 2 heterocycles. The van der Waals surface area contributed by atoms with Crippen molar-refractivity contribution >= 4 is 41.0 Å². The van der Waals surface area contributed by atoms with E-state index in [1.165, 1.54) is 9.80 Å². The summed E-state index contributed by atoms with van der Waals surface area (Å²) < 4.78 is 5.29. The Balaban J connectivity index is 1.49. The highest BCUT2D eigenvalue weighted by Gasteiger charge is 2.71. The van der Waals surface area contributed by atoms with Crippen molar-refractivity contribution in [1.82, 2.24) is 0 Å². The van der Waals surface area contributed by atoms with Crippen LogP contribution >= 0.6 is 0 Å². The number of imide groups is 2. The molecule has 2 bridgehead atoms. The molecule has 188 valence electrons. The molecule has 8 nitrogen and oxygen atoms in total. The number of hydrogen-bond acceptors (Lipinski definition) is 6. The fraction of sp³-hybridized carbons (Fsp3) is 0.345. The Labute approximate surface area is 213 Å². The minimum Gasteiger partial charge on any atom is -0.463 e. The van der Waals surface area contributed by atoms with Crippen LogP contribution in [0.1, 0.15) is 18.1 Å². The number of allylic oxidation sites excluding steroid dienone is 1. The van der Waals surface area contributed by atoms with Gasteiger partial charge in [-0.1, -0.05) is 42.5 Å². The number of anilines is 2. The Morgan fingerprint density at radius 2 is 1.14 bits per heavy atom. The molecule has 2 aliphatic heterocycles. The van der Waals surface area contributed by atoms with Crippen molar-refractivity contribution in [3.8, 4) is 0 Å². The molecule has 0 spiro atoms. The molecular formula is C29H26N2O6. The van der Waals surface area contributed by atoms with Crippen LogP contribution < -0.4 is 9.80 Å². The average molecular weight is 499 g/mol. The van der Waals surface area contributed by atoms with Gasteiger partial charge in [0.05, 0.1) is 41.7 Å². The second-order valence-electron chi connectivity index (χ2n) is 10.1. The van der Waals surface area contributed by atoms with E-state index in [2.05, 4.69) is 0 Å². The van der Waals surface area contributed by atoms with E-state index in [1.807, 2.05) is 38.1 Å². The maximum atomic E-state index is 13.9. The fourth-order valence-corrected chi connectivity index (χ4v) is 6.87. The number of ether oxygens (including phenoxy) is 1. The summed E-state index contributed by atoms with van der Waals surface area (Å²) in [5.41, 5.74) is 2.69. The molecule has 0 unspecified atom stereocenters. The van der Waals surface area contributed by atoms with Crippen LogP contribution in [0.4, 0.5) is 11.4 Å². The van der Waals surface area contributed by atoms with E-state index in [9.17, 15) is 24.0 Å². The topological polar surface area (TPSA) is 101 Å². The summed E-state index contributed by atoms with van der Waals surface area (Å²) in [6.07, 6.45) is 1.63. The van der Waals surface area contributed by atoms with E-state index < -0.39 is 65.1 Å². The van der Waals surface area contributed by atoms with Crippen molar-refractivity contribution in [3.63, 3.8) is 0 Å². The molecule has 3 fully saturated rings. The summed E-state index contributed by atoms with van der Waals surface area (Å²) in [5, 5.41) is 0. The Morgan fingerprint density at radius 1 is 0.703 bits per heavy atom. The summed E-state index contributed by atoms with van der Waals surface area (Å²) in [6.45, 7) is 5.44. The minimum atomic E-state index is -0.921. The Bertz CT molecular complexity index is 1340. The normalized spacial score (nSPS) is 30.0. The van der Waals surface area contributed by atoms with E-state index in [1.54, 1.807) is 37.3 Å². The van der Waals surface area contributed by atoms with Crippen molar-refractivity contribution in [2.24, 2.45) is 35.5 Å². The van der Waals surface area contributed by atoms with Gasteiger partial charge in [-0.15, -0.1) is 0 Å². The Hall–Kier alpha value is -4.07. The lowest BCUT2D eigenvalue weighted by Gasteiger charge is -2.46. The standard InChI is InChI=1S/C29H26N2O6/c1-4-37-29(36)17-13-16-21-23(27(34)30(25(21)32)18-11-7-5-9-14(18)2)20(17)24-22(16)26(33)31(28(24)35)19-12-8-6-10-15(19)3/h5-13,16,20-24H,4H2,1-3H3/t16?,20?,21-,22-,23+,24+/m1/s1. The molecule has 2 aromatic carbocycles. The number of rotatable bonds is 4. The van der Waals surface area contributed by atoms with E-state index in [0.717, 1.165) is 11.1 Å². The van der Waals surface area contributed by atoms with Crippen molar-refractivity contribution < 1.29 is 28.7 Å². The fourth-order valence-electron chi connectivity index (χ4n) is 6.87. The molecule has 0 aromatic heterocycles. The second kappa shape index (κ2) is 8.23. The largest absolute Gasteiger partial charge is 0.463 e. The summed E-state index contributed by atoms with van der Waals surface area (Å²) >= 11 is 0. The molecule has 0 N–H and O–H groups in total. The Kier molecular flexibility index (Phi) is 5.19. The van der Waals surface area contributed by atoms with Gasteiger partial charge in [-0.2, -0.15) is 0 Å². The first kappa shape index (κ1) is 23.3. The zero-order valence-electron chi connectivity index (χ0n) is 20.7. The molecule has 8 heteroatoms. The lowest BCUT2D eigenvalue weighted by atomic mass is 9.52. The molecule has 3 aliphatic carbocycles. The number of hydrogen-bond donors (Lipinski definition) is 0. The van der Waals surface area contributed by atoms with Crippen molar-refractivity contribution in [2.75, 3.05) is 16.4 Å². The molecule has 4 atom stereocenters. The van der Waals surface area contributed by atoms with E-state index in [0.29, 0.717) is 11.4 Å². The van der Waals surface area contributed by atoms with Gasteiger partial charge in [0, 0.05) is 17.4 Å². The number of para-hydroxylation sites is 2. The van der Waals surface area contributed by atoms with Crippen LogP contribution in [0.3, 0.4) is 0 Å². The third-order valence-corrected chi connectivity index (χ3v) is 8.35. The molecule has 2 aromatic rings. The third-order valence-electron chi connectivity index (χ3n) is 8.35. The number of esters is 1. The van der Waals surface area contributed by atoms with E-state index in [4.69, 9.17) is 4.74 Å². The van der Waals surface area contributed by atoms with E-state index >= 15 is 0 Å². The van der Waals surface area contributed by atoms with Crippen molar-refractivity contribution in [1.29, 1.82) is 0 Å². The third kappa shape index (κ3) is 3.04. The molecule has 1 saturated carbocycles. The summed E-state index contributed by atoms with van der Waals surface area (Å²) in [6, 6.07) is 14.2. The number of aryl methyl sites for hydroxylation is 2. The van der Waals surface area contributed by atoms with Gasteiger partial charge in [-0.05, 0) is 44.0 Å². The Morgan fingerprint density at radius 3 is 1.57 bits per heavy atom. The van der Waals surface area contributed by atoms with Crippen LogP contribution in [0.5, 0.6) is 0 Å². The first-order valence-corrected chi connectivity index (χ1v) is 12.5. The number of carbonyl (C=O) groups is 5. The molecule has 7 rings (SSSR count). The van der Waals surface area contributed by atoms with Crippen LogP contribution in [-0.4, -0.2) is 36.2 Å². The van der Waals surface area contributed by atoms with Gasteiger partial charge < -0.3 is 4.74 Å². The van der Waals surface area contributed by atoms with Crippen molar-refractivity contribution in [2.45, 2.75) is 20.8 Å². The minimum absolute atomic E-state index is 0.125. The van der Waals surface area contributed by atoms with Gasteiger partial charge in [0.15, 0.2) is 0 Å². The quantitative estimate of drug-likeness (QED) is 0.475. The SMILES string of the molecule is CCOC(=O)C1=CC2[C@H]3C(=O)N(c4ccccc4C)C(=O)[C@H]3C1[C@@H]1C(=O)N(c3ccccc3C)C(=O)[C@H]21. The predicted molar refractivity (Wildman–Crippen MR) is 133 cm³/mol. The maximum Gasteiger partial charge on any atom is 0.334 e. The number of benzene rings is 2. The van der Waals surface area contributed by atoms with E-state index in [-0.39, 0.29) is 12.2 Å². The van der Waals surface area contributed by atoms with Gasteiger partial charge in [0.25, 0.3) is 0 Å². The zero-order valence-corrected chi connectivity index (χ0v) is 20.7. The van der Waals surface area contributed by atoms with Gasteiger partial charge in [-0.3, -0.25) is 19.2 Å². The number of carbonyl (C=O) groups excluding carboxylic acids is 5. The highest BCUT2D eigenvalue weighted by atomic mass is 16.5. The lowest BCUT2D eigenvalue weighted by molar-refractivity contribution is -0.146. The van der Waals surface area contributed by atoms with Gasteiger partial charge in [0.1, 0.15) is 0 Å². The summed E-state index contributed by atoms with van der Waals surface area (Å²) in [5.74, 6) is -7.48. The number of nitrogens with zero attached hydrogens (tertiary/aromatic N) is 2. The zero-order chi connectivity index (χ0) is 26.2. The molecule has 2 saturated heterocycles.